The van der Waals surface area contributed by atoms with Crippen LogP contribution in [0.3, 0.4) is 0 Å². The number of rotatable bonds is 4. The highest BCUT2D eigenvalue weighted by Crippen LogP contribution is 2.22. The smallest absolute Gasteiger partial charge is 0.242 e. The zero-order valence-corrected chi connectivity index (χ0v) is 14.5. The number of nitrogens with zero attached hydrogens (tertiary/aromatic N) is 2. The molecule has 1 N–H and O–H groups in total. The van der Waals surface area contributed by atoms with Gasteiger partial charge in [-0.3, -0.25) is 4.79 Å². The fourth-order valence-electron chi connectivity index (χ4n) is 3.11. The van der Waals surface area contributed by atoms with Gasteiger partial charge in [0.15, 0.2) is 0 Å². The summed E-state index contributed by atoms with van der Waals surface area (Å²) in [6.45, 7) is 5.76. The third-order valence-corrected chi connectivity index (χ3v) is 4.63. The van der Waals surface area contributed by atoms with Gasteiger partial charge in [0, 0.05) is 38.9 Å². The second kappa shape index (κ2) is 7.49. The van der Waals surface area contributed by atoms with E-state index in [1.165, 1.54) is 22.4 Å². The molecule has 0 bridgehead atoms. The molecule has 0 unspecified atom stereocenters. The number of aryl methyl sites for hydroxylation is 1. The summed E-state index contributed by atoms with van der Waals surface area (Å²) in [7, 11) is 1.89. The molecule has 1 aliphatic heterocycles. The van der Waals surface area contributed by atoms with Gasteiger partial charge < -0.3 is 15.1 Å². The minimum absolute atomic E-state index is 0.148. The molecule has 2 aromatic carbocycles. The van der Waals surface area contributed by atoms with Crippen LogP contribution in [0.4, 0.5) is 5.69 Å². The van der Waals surface area contributed by atoms with E-state index in [1.54, 1.807) is 0 Å². The lowest BCUT2D eigenvalue weighted by molar-refractivity contribution is -0.128. The normalized spacial score (nSPS) is 14.0. The van der Waals surface area contributed by atoms with Crippen LogP contribution in [-0.2, 0) is 17.9 Å². The van der Waals surface area contributed by atoms with Crippen molar-refractivity contribution in [3.63, 3.8) is 0 Å². The fourth-order valence-corrected chi connectivity index (χ4v) is 3.11. The van der Waals surface area contributed by atoms with E-state index in [0.29, 0.717) is 13.1 Å². The van der Waals surface area contributed by atoms with Gasteiger partial charge in [0.2, 0.25) is 5.91 Å². The first-order chi connectivity index (χ1) is 11.6. The molecule has 0 fully saturated rings. The molecular formula is C20H25N3O. The van der Waals surface area contributed by atoms with Gasteiger partial charge in [-0.05, 0) is 29.7 Å². The Morgan fingerprint density at radius 1 is 1.17 bits per heavy atom. The second-order valence-corrected chi connectivity index (χ2v) is 6.40. The quantitative estimate of drug-likeness (QED) is 0.939. The van der Waals surface area contributed by atoms with Crippen LogP contribution in [0.25, 0.3) is 0 Å². The number of hydrogen-bond acceptors (Lipinski definition) is 3. The first-order valence-corrected chi connectivity index (χ1v) is 8.47. The van der Waals surface area contributed by atoms with Crippen LogP contribution in [0, 0.1) is 6.92 Å². The molecule has 24 heavy (non-hydrogen) atoms. The van der Waals surface area contributed by atoms with E-state index in [-0.39, 0.29) is 5.91 Å². The second-order valence-electron chi connectivity index (χ2n) is 6.40. The minimum Gasteiger partial charge on any atom is -0.361 e. The number of benzene rings is 2. The van der Waals surface area contributed by atoms with E-state index in [9.17, 15) is 4.79 Å². The van der Waals surface area contributed by atoms with Crippen LogP contribution in [-0.4, -0.2) is 37.5 Å². The number of hydrogen-bond donors (Lipinski definition) is 1. The summed E-state index contributed by atoms with van der Waals surface area (Å²) in [6.07, 6.45) is 0. The average molecular weight is 323 g/mol. The van der Waals surface area contributed by atoms with E-state index in [4.69, 9.17) is 0 Å². The Kier molecular flexibility index (Phi) is 5.16. The van der Waals surface area contributed by atoms with Crippen molar-refractivity contribution in [1.82, 2.24) is 10.2 Å². The van der Waals surface area contributed by atoms with Gasteiger partial charge in [0.05, 0.1) is 6.54 Å². The van der Waals surface area contributed by atoms with E-state index in [1.807, 2.05) is 30.1 Å². The highest BCUT2D eigenvalue weighted by Gasteiger charge is 2.19. The van der Waals surface area contributed by atoms with Gasteiger partial charge in [-0.25, -0.2) is 0 Å². The Hall–Kier alpha value is -2.33. The Bertz CT molecular complexity index is 714. The maximum Gasteiger partial charge on any atom is 0.242 e. The van der Waals surface area contributed by atoms with Crippen LogP contribution >= 0.6 is 0 Å². The van der Waals surface area contributed by atoms with Crippen LogP contribution in [0.5, 0.6) is 0 Å². The molecular weight excluding hydrogens is 298 g/mol. The Morgan fingerprint density at radius 3 is 2.75 bits per heavy atom. The number of nitrogens with one attached hydrogen (secondary N) is 1. The van der Waals surface area contributed by atoms with E-state index < -0.39 is 0 Å². The van der Waals surface area contributed by atoms with Crippen molar-refractivity contribution in [1.29, 1.82) is 0 Å². The highest BCUT2D eigenvalue weighted by atomic mass is 16.2. The largest absolute Gasteiger partial charge is 0.361 e. The highest BCUT2D eigenvalue weighted by molar-refractivity contribution is 5.81. The summed E-state index contributed by atoms with van der Waals surface area (Å²) in [6, 6.07) is 16.6. The third kappa shape index (κ3) is 3.77. The molecule has 0 aliphatic carbocycles. The molecule has 4 heteroatoms. The van der Waals surface area contributed by atoms with Crippen molar-refractivity contribution in [2.45, 2.75) is 20.0 Å². The Morgan fingerprint density at radius 2 is 1.92 bits per heavy atom. The van der Waals surface area contributed by atoms with Crippen molar-refractivity contribution in [3.05, 3.63) is 65.2 Å². The maximum atomic E-state index is 12.7. The predicted molar refractivity (Wildman–Crippen MR) is 98.0 cm³/mol. The van der Waals surface area contributed by atoms with Crippen LogP contribution in [0.2, 0.25) is 0 Å². The standard InChI is InChI=1S/C20H25N3O/c1-16-7-3-4-9-18(16)14-22(2)20(24)15-23-12-11-21-13-17-8-5-6-10-19(17)23/h3-10,21H,11-15H2,1-2H3. The molecule has 1 aliphatic rings. The van der Waals surface area contributed by atoms with Crippen molar-refractivity contribution < 1.29 is 4.79 Å². The number of anilines is 1. The summed E-state index contributed by atoms with van der Waals surface area (Å²) < 4.78 is 0. The van der Waals surface area contributed by atoms with E-state index in [2.05, 4.69) is 47.5 Å². The monoisotopic (exact) mass is 323 g/mol. The molecule has 1 heterocycles. The van der Waals surface area contributed by atoms with Gasteiger partial charge >= 0.3 is 0 Å². The van der Waals surface area contributed by atoms with Crippen molar-refractivity contribution >= 4 is 11.6 Å². The summed E-state index contributed by atoms with van der Waals surface area (Å²) in [4.78, 5) is 16.7. The molecule has 0 spiro atoms. The average Bonchev–Trinajstić information content (AvgIpc) is 2.79. The zero-order valence-electron chi connectivity index (χ0n) is 14.5. The van der Waals surface area contributed by atoms with Crippen LogP contribution < -0.4 is 10.2 Å². The molecule has 0 saturated carbocycles. The lowest BCUT2D eigenvalue weighted by atomic mass is 10.1. The van der Waals surface area contributed by atoms with Crippen LogP contribution in [0.15, 0.2) is 48.5 Å². The Balaban J connectivity index is 1.69. The molecule has 0 aromatic heterocycles. The van der Waals surface area contributed by atoms with E-state index in [0.717, 1.165) is 19.6 Å². The number of fused-ring (bicyclic) bond motifs is 1. The van der Waals surface area contributed by atoms with Gasteiger partial charge in [0.1, 0.15) is 0 Å². The summed E-state index contributed by atoms with van der Waals surface area (Å²) in [5, 5.41) is 3.42. The lowest BCUT2D eigenvalue weighted by Gasteiger charge is -2.27. The molecule has 2 aromatic rings. The van der Waals surface area contributed by atoms with Gasteiger partial charge in [-0.1, -0.05) is 42.5 Å². The fraction of sp³-hybridized carbons (Fsp3) is 0.350. The summed E-state index contributed by atoms with van der Waals surface area (Å²) in [5.74, 6) is 0.148. The first-order valence-electron chi connectivity index (χ1n) is 8.47. The number of carbonyl (C=O) groups is 1. The number of likely N-dealkylation sites (N-methyl/N-ethyl adjacent to an activating group) is 1. The topological polar surface area (TPSA) is 35.6 Å². The van der Waals surface area contributed by atoms with Gasteiger partial charge in [0.25, 0.3) is 0 Å². The van der Waals surface area contributed by atoms with Gasteiger partial charge in [-0.2, -0.15) is 0 Å². The summed E-state index contributed by atoms with van der Waals surface area (Å²) >= 11 is 0. The molecule has 4 nitrogen and oxygen atoms in total. The molecule has 0 radical (unpaired) electrons. The molecule has 1 amide bonds. The molecule has 0 saturated heterocycles. The van der Waals surface area contributed by atoms with E-state index >= 15 is 0 Å². The number of carbonyl (C=O) groups excluding carboxylic acids is 1. The first kappa shape index (κ1) is 16.5. The SMILES string of the molecule is Cc1ccccc1CN(C)C(=O)CN1CCNCc2ccccc21. The zero-order chi connectivity index (χ0) is 16.9. The maximum absolute atomic E-state index is 12.7. The number of amides is 1. The lowest BCUT2D eigenvalue weighted by Crippen LogP contribution is -2.40. The van der Waals surface area contributed by atoms with Crippen molar-refractivity contribution in [2.24, 2.45) is 0 Å². The Labute approximate surface area is 144 Å². The third-order valence-electron chi connectivity index (χ3n) is 4.63. The molecule has 126 valence electrons. The molecule has 0 atom stereocenters. The van der Waals surface area contributed by atoms with Crippen molar-refractivity contribution in [2.75, 3.05) is 31.6 Å². The predicted octanol–water partition coefficient (Wildman–Crippen LogP) is 2.56. The summed E-state index contributed by atoms with van der Waals surface area (Å²) in [5.41, 5.74) is 4.84. The van der Waals surface area contributed by atoms with Crippen LogP contribution in [0.1, 0.15) is 16.7 Å². The van der Waals surface area contributed by atoms with Crippen molar-refractivity contribution in [3.8, 4) is 0 Å². The minimum atomic E-state index is 0.148. The van der Waals surface area contributed by atoms with Gasteiger partial charge in [-0.15, -0.1) is 0 Å². The number of para-hydroxylation sites is 1. The molecule has 3 rings (SSSR count).